The molecule has 1 saturated heterocycles. The number of carbonyl (C=O) groups is 2. The van der Waals surface area contributed by atoms with Crippen molar-refractivity contribution in [3.8, 4) is 0 Å². The molecule has 0 radical (unpaired) electrons. The van der Waals surface area contributed by atoms with Gasteiger partial charge in [-0.15, -0.1) is 0 Å². The largest absolute Gasteiger partial charge is 0.466 e. The van der Waals surface area contributed by atoms with Crippen LogP contribution >= 0.6 is 0 Å². The van der Waals surface area contributed by atoms with Crippen LogP contribution in [-0.2, 0) is 23.8 Å². The summed E-state index contributed by atoms with van der Waals surface area (Å²) in [6, 6.07) is -0.829. The number of unbranched alkanes of at least 4 members (excludes halogenated alkanes) is 36. The van der Waals surface area contributed by atoms with E-state index in [1.807, 2.05) is 6.08 Å². The van der Waals surface area contributed by atoms with Crippen molar-refractivity contribution in [1.82, 2.24) is 5.32 Å². The maximum absolute atomic E-state index is 13.0. The number of esters is 1. The molecule has 1 aliphatic rings. The highest BCUT2D eigenvalue weighted by Gasteiger charge is 2.44. The smallest absolute Gasteiger partial charge is 0.305 e. The quantitative estimate of drug-likeness (QED) is 0.0195. The van der Waals surface area contributed by atoms with Gasteiger partial charge in [0, 0.05) is 12.8 Å². The molecule has 0 aromatic rings. The van der Waals surface area contributed by atoms with Crippen LogP contribution in [0.3, 0.4) is 0 Å². The summed E-state index contributed by atoms with van der Waals surface area (Å²) in [6.45, 7) is 4.28. The number of ether oxygens (including phenoxy) is 3. The monoisotopic (exact) mass is 1130 g/mol. The lowest BCUT2D eigenvalue weighted by Gasteiger charge is -2.40. The zero-order valence-electron chi connectivity index (χ0n) is 51.5. The molecule has 0 bridgehead atoms. The summed E-state index contributed by atoms with van der Waals surface area (Å²) in [7, 11) is 0. The van der Waals surface area contributed by atoms with Gasteiger partial charge < -0.3 is 45.1 Å². The lowest BCUT2D eigenvalue weighted by Crippen LogP contribution is -2.60. The van der Waals surface area contributed by atoms with Gasteiger partial charge in [0.15, 0.2) is 6.29 Å². The lowest BCUT2D eigenvalue weighted by molar-refractivity contribution is -0.302. The average molecular weight is 1130 g/mol. The number of rotatable bonds is 58. The van der Waals surface area contributed by atoms with E-state index in [2.05, 4.69) is 67.8 Å². The zero-order valence-corrected chi connectivity index (χ0v) is 51.5. The number of hydrogen-bond acceptors (Lipinski definition) is 10. The molecule has 11 nitrogen and oxygen atoms in total. The Morgan fingerprint density at radius 2 is 0.850 bits per heavy atom. The van der Waals surface area contributed by atoms with Crippen molar-refractivity contribution in [2.75, 3.05) is 19.8 Å². The summed E-state index contributed by atoms with van der Waals surface area (Å²) in [5.74, 6) is -0.202. The summed E-state index contributed by atoms with van der Waals surface area (Å²) in [5.41, 5.74) is 0. The van der Waals surface area contributed by atoms with E-state index in [0.29, 0.717) is 19.4 Å². The molecule has 1 fully saturated rings. The van der Waals surface area contributed by atoms with E-state index >= 15 is 0 Å². The Morgan fingerprint density at radius 3 is 1.34 bits per heavy atom. The molecule has 7 unspecified atom stereocenters. The molecule has 1 rings (SSSR count). The van der Waals surface area contributed by atoms with Crippen molar-refractivity contribution in [3.63, 3.8) is 0 Å². The van der Waals surface area contributed by atoms with Gasteiger partial charge >= 0.3 is 5.97 Å². The van der Waals surface area contributed by atoms with E-state index < -0.39 is 49.5 Å². The predicted octanol–water partition coefficient (Wildman–Crippen LogP) is 16.6. The van der Waals surface area contributed by atoms with Gasteiger partial charge in [0.2, 0.25) is 5.91 Å². The van der Waals surface area contributed by atoms with Crippen molar-refractivity contribution in [2.24, 2.45) is 0 Å². The lowest BCUT2D eigenvalue weighted by atomic mass is 9.99. The van der Waals surface area contributed by atoms with Crippen LogP contribution < -0.4 is 5.32 Å². The normalized spacial score (nSPS) is 18.7. The Hall–Kier alpha value is -2.64. The first-order valence-corrected chi connectivity index (χ1v) is 33.6. The van der Waals surface area contributed by atoms with E-state index in [0.717, 1.165) is 64.2 Å². The number of aliphatic hydroxyl groups excluding tert-OH is 5. The van der Waals surface area contributed by atoms with E-state index in [1.54, 1.807) is 6.08 Å². The minimum Gasteiger partial charge on any atom is -0.466 e. The van der Waals surface area contributed by atoms with Gasteiger partial charge in [-0.25, -0.2) is 0 Å². The molecule has 6 N–H and O–H groups in total. The van der Waals surface area contributed by atoms with Gasteiger partial charge in [0.25, 0.3) is 0 Å². The Kier molecular flexibility index (Phi) is 54.8. The summed E-state index contributed by atoms with van der Waals surface area (Å²) >= 11 is 0. The highest BCUT2D eigenvalue weighted by atomic mass is 16.7. The van der Waals surface area contributed by atoms with Crippen LogP contribution in [0.25, 0.3) is 0 Å². The van der Waals surface area contributed by atoms with Crippen molar-refractivity contribution >= 4 is 11.9 Å². The fourth-order valence-electron chi connectivity index (χ4n) is 10.2. The molecule has 1 heterocycles. The third-order valence-corrected chi connectivity index (χ3v) is 15.6. The van der Waals surface area contributed by atoms with Crippen molar-refractivity contribution in [3.05, 3.63) is 60.8 Å². The summed E-state index contributed by atoms with van der Waals surface area (Å²) in [6.07, 6.45) is 66.3. The van der Waals surface area contributed by atoms with Crippen molar-refractivity contribution in [2.45, 2.75) is 346 Å². The van der Waals surface area contributed by atoms with Crippen LogP contribution in [0.2, 0.25) is 0 Å². The SMILES string of the molecule is CCCCC/C=C\CCCCCCCC(=O)OCCCCCCCCCCC/C=C\C/C=C\CCCCCCCCCCCCCCCC(=O)NC(COC1OC(CO)C(O)C(O)C1O)C(O)/C=C/CC/C=C/CCCCCCC. The third-order valence-electron chi connectivity index (χ3n) is 15.6. The Morgan fingerprint density at radius 1 is 0.463 bits per heavy atom. The first kappa shape index (κ1) is 75.4. The molecule has 1 aliphatic heterocycles. The highest BCUT2D eigenvalue weighted by molar-refractivity contribution is 5.76. The summed E-state index contributed by atoms with van der Waals surface area (Å²) in [5, 5.41) is 54.3. The van der Waals surface area contributed by atoms with Gasteiger partial charge in [0.1, 0.15) is 24.4 Å². The average Bonchev–Trinajstić information content (AvgIpc) is 3.50. The third kappa shape index (κ3) is 46.8. The molecule has 1 amide bonds. The second kappa shape index (κ2) is 58.1. The Balaban J connectivity index is 1.99. The second-order valence-corrected chi connectivity index (χ2v) is 23.2. The topological polar surface area (TPSA) is 175 Å². The number of amides is 1. The maximum Gasteiger partial charge on any atom is 0.305 e. The molecular weight excluding hydrogens is 1000 g/mol. The van der Waals surface area contributed by atoms with E-state index in [9.17, 15) is 35.1 Å². The molecular formula is C69H125NO10. The van der Waals surface area contributed by atoms with Crippen LogP contribution in [0.4, 0.5) is 0 Å². The Labute approximate surface area is 490 Å². The number of nitrogens with one attached hydrogen (secondary N) is 1. The van der Waals surface area contributed by atoms with E-state index in [-0.39, 0.29) is 18.5 Å². The van der Waals surface area contributed by atoms with E-state index in [4.69, 9.17) is 14.2 Å². The zero-order chi connectivity index (χ0) is 58.0. The van der Waals surface area contributed by atoms with Crippen LogP contribution in [0.1, 0.15) is 303 Å². The number of hydrogen-bond donors (Lipinski definition) is 6. The van der Waals surface area contributed by atoms with Crippen molar-refractivity contribution < 1.29 is 49.3 Å². The van der Waals surface area contributed by atoms with Crippen molar-refractivity contribution in [1.29, 1.82) is 0 Å². The standard InChI is InChI=1S/C69H125NO10/c1-3-5-7-9-11-13-15-37-41-45-49-53-57-65(74)78-58-54-50-46-42-38-34-32-30-28-26-24-22-20-18-16-17-19-21-23-25-27-29-31-33-36-40-44-48-52-56-64(73)70-61(60-79-69-68(77)67(76)66(75)63(59-71)80-69)62(72)55-51-47-43-39-35-14-12-10-8-6-4-2/h11,13,16,18,22,24,35,39,51,55,61-63,66-69,71-72,75-77H,3-10,12,14-15,17,19-21,23,25-34,36-38,40-50,52-54,56-60H2,1-2H3,(H,70,73)/b13-11-,18-16-,24-22-,39-35+,55-51+. The molecule has 11 heteroatoms. The Bertz CT molecular complexity index is 1510. The van der Waals surface area contributed by atoms with Gasteiger partial charge in [0.05, 0.1) is 32.0 Å². The van der Waals surface area contributed by atoms with Gasteiger partial charge in [-0.1, -0.05) is 248 Å². The number of aliphatic hydroxyl groups is 5. The first-order chi connectivity index (χ1) is 39.2. The first-order valence-electron chi connectivity index (χ1n) is 33.6. The van der Waals surface area contributed by atoms with Gasteiger partial charge in [-0.2, -0.15) is 0 Å². The summed E-state index contributed by atoms with van der Waals surface area (Å²) < 4.78 is 16.7. The highest BCUT2D eigenvalue weighted by Crippen LogP contribution is 2.23. The maximum atomic E-state index is 13.0. The van der Waals surface area contributed by atoms with Gasteiger partial charge in [-0.3, -0.25) is 9.59 Å². The molecule has 0 aromatic heterocycles. The minimum absolute atomic E-state index is 0.00758. The van der Waals surface area contributed by atoms with Crippen LogP contribution in [-0.4, -0.2) is 100 Å². The second-order valence-electron chi connectivity index (χ2n) is 23.2. The number of allylic oxidation sites excluding steroid dienone is 9. The molecule has 7 atom stereocenters. The predicted molar refractivity (Wildman–Crippen MR) is 333 cm³/mol. The van der Waals surface area contributed by atoms with Crippen LogP contribution in [0.15, 0.2) is 60.8 Å². The van der Waals surface area contributed by atoms with Gasteiger partial charge in [-0.05, 0) is 103 Å². The molecule has 0 aromatic carbocycles. The molecule has 0 saturated carbocycles. The minimum atomic E-state index is -1.58. The molecule has 466 valence electrons. The molecule has 0 spiro atoms. The van der Waals surface area contributed by atoms with Crippen LogP contribution in [0.5, 0.6) is 0 Å². The van der Waals surface area contributed by atoms with Crippen LogP contribution in [0, 0.1) is 0 Å². The summed E-state index contributed by atoms with van der Waals surface area (Å²) in [4.78, 5) is 25.1. The fraction of sp³-hybridized carbons (Fsp3) is 0.826. The van der Waals surface area contributed by atoms with E-state index in [1.165, 1.54) is 212 Å². The molecule has 0 aliphatic carbocycles. The number of carbonyl (C=O) groups excluding carboxylic acids is 2. The molecule has 80 heavy (non-hydrogen) atoms. The fourth-order valence-corrected chi connectivity index (χ4v) is 10.2.